The number of hydrogen-bond acceptors (Lipinski definition) is 3. The van der Waals surface area contributed by atoms with Gasteiger partial charge in [-0.25, -0.2) is 0 Å². The molecule has 0 spiro atoms. The summed E-state index contributed by atoms with van der Waals surface area (Å²) in [5.74, 6) is 1.09. The van der Waals surface area contributed by atoms with Crippen molar-refractivity contribution < 1.29 is 4.74 Å². The first-order valence-corrected chi connectivity index (χ1v) is 5.78. The number of para-hydroxylation sites is 1. The molecule has 0 aliphatic carbocycles. The van der Waals surface area contributed by atoms with Crippen molar-refractivity contribution in [3.63, 3.8) is 0 Å². The molecule has 0 saturated carbocycles. The summed E-state index contributed by atoms with van der Waals surface area (Å²) in [5.41, 5.74) is 1.79. The Hall–Kier alpha value is -1.42. The van der Waals surface area contributed by atoms with E-state index in [0.717, 1.165) is 11.1 Å². The normalized spacial score (nSPS) is 10.6. The lowest BCUT2D eigenvalue weighted by Crippen LogP contribution is -2.06. The van der Waals surface area contributed by atoms with Crippen LogP contribution in [-0.2, 0) is 5.75 Å². The zero-order valence-corrected chi connectivity index (χ0v) is 9.88. The highest BCUT2D eigenvalue weighted by Crippen LogP contribution is 2.18. The van der Waals surface area contributed by atoms with Gasteiger partial charge in [0, 0.05) is 17.2 Å². The molecule has 0 aliphatic heterocycles. The maximum Gasteiger partial charge on any atom is 0.195 e. The van der Waals surface area contributed by atoms with E-state index in [1.54, 1.807) is 6.07 Å². The number of aromatic amines is 1. The van der Waals surface area contributed by atoms with Crippen LogP contribution in [0.1, 0.15) is 12.5 Å². The van der Waals surface area contributed by atoms with E-state index in [2.05, 4.69) is 17.6 Å². The molecule has 2 aromatic rings. The van der Waals surface area contributed by atoms with Crippen LogP contribution >= 0.6 is 12.6 Å². The van der Waals surface area contributed by atoms with Gasteiger partial charge in [0.1, 0.15) is 0 Å². The number of thiol groups is 1. The summed E-state index contributed by atoms with van der Waals surface area (Å²) >= 11 is 4.24. The second kappa shape index (κ2) is 4.61. The lowest BCUT2D eigenvalue weighted by atomic mass is 10.1. The van der Waals surface area contributed by atoms with Gasteiger partial charge in [-0.3, -0.25) is 4.79 Å². The molecule has 1 aromatic heterocycles. The molecule has 16 heavy (non-hydrogen) atoms. The summed E-state index contributed by atoms with van der Waals surface area (Å²) in [6.07, 6.45) is 0. The van der Waals surface area contributed by atoms with Crippen molar-refractivity contribution in [2.24, 2.45) is 0 Å². The minimum Gasteiger partial charge on any atom is -0.479 e. The first kappa shape index (κ1) is 11.1. The maximum atomic E-state index is 11.8. The van der Waals surface area contributed by atoms with Crippen LogP contribution in [0.15, 0.2) is 29.1 Å². The second-order valence-corrected chi connectivity index (χ2v) is 3.74. The second-order valence-electron chi connectivity index (χ2n) is 3.43. The third-order valence-electron chi connectivity index (χ3n) is 2.40. The molecular weight excluding hydrogens is 222 g/mol. The lowest BCUT2D eigenvalue weighted by Gasteiger charge is -2.07. The molecule has 0 fully saturated rings. The lowest BCUT2D eigenvalue weighted by molar-refractivity contribution is 0.328. The summed E-state index contributed by atoms with van der Waals surface area (Å²) in [6.45, 7) is 2.41. The number of pyridine rings is 1. The van der Waals surface area contributed by atoms with Crippen LogP contribution in [0.5, 0.6) is 5.88 Å². The topological polar surface area (TPSA) is 42.1 Å². The molecule has 0 unspecified atom stereocenters. The Balaban J connectivity index is 2.72. The first-order chi connectivity index (χ1) is 7.76. The van der Waals surface area contributed by atoms with Crippen molar-refractivity contribution >= 4 is 23.5 Å². The Morgan fingerprint density at radius 1 is 1.44 bits per heavy atom. The molecule has 1 heterocycles. The molecule has 0 bridgehead atoms. The van der Waals surface area contributed by atoms with Gasteiger partial charge in [-0.2, -0.15) is 12.6 Å². The summed E-state index contributed by atoms with van der Waals surface area (Å²) in [4.78, 5) is 14.9. The van der Waals surface area contributed by atoms with E-state index < -0.39 is 0 Å². The van der Waals surface area contributed by atoms with Crippen molar-refractivity contribution in [3.8, 4) is 5.88 Å². The summed E-state index contributed by atoms with van der Waals surface area (Å²) < 4.78 is 5.31. The van der Waals surface area contributed by atoms with E-state index in [-0.39, 0.29) is 5.43 Å². The van der Waals surface area contributed by atoms with Crippen LogP contribution in [0.4, 0.5) is 0 Å². The van der Waals surface area contributed by atoms with E-state index in [9.17, 15) is 4.79 Å². The van der Waals surface area contributed by atoms with Crippen LogP contribution in [0.2, 0.25) is 0 Å². The quantitative estimate of drug-likeness (QED) is 0.802. The fourth-order valence-electron chi connectivity index (χ4n) is 1.67. The van der Waals surface area contributed by atoms with E-state index in [1.165, 1.54) is 6.07 Å². The Bertz CT molecular complexity index is 562. The van der Waals surface area contributed by atoms with Gasteiger partial charge in [0.05, 0.1) is 12.1 Å². The van der Waals surface area contributed by atoms with E-state index in [4.69, 9.17) is 4.74 Å². The Morgan fingerprint density at radius 3 is 2.94 bits per heavy atom. The van der Waals surface area contributed by atoms with Gasteiger partial charge in [-0.1, -0.05) is 12.1 Å². The van der Waals surface area contributed by atoms with Gasteiger partial charge in [0.25, 0.3) is 0 Å². The first-order valence-electron chi connectivity index (χ1n) is 5.15. The van der Waals surface area contributed by atoms with Gasteiger partial charge in [-0.05, 0) is 18.6 Å². The maximum absolute atomic E-state index is 11.8. The number of aromatic nitrogens is 1. The zero-order chi connectivity index (χ0) is 11.5. The van der Waals surface area contributed by atoms with Crippen LogP contribution < -0.4 is 10.2 Å². The number of H-pyrrole nitrogens is 1. The van der Waals surface area contributed by atoms with E-state index in [1.807, 2.05) is 19.1 Å². The molecule has 0 amide bonds. The van der Waals surface area contributed by atoms with Crippen molar-refractivity contribution in [2.75, 3.05) is 6.61 Å². The average Bonchev–Trinajstić information content (AvgIpc) is 2.29. The number of fused-ring (bicyclic) bond motifs is 1. The average molecular weight is 235 g/mol. The summed E-state index contributed by atoms with van der Waals surface area (Å²) in [7, 11) is 0. The monoisotopic (exact) mass is 235 g/mol. The molecule has 0 aliphatic rings. The van der Waals surface area contributed by atoms with Crippen LogP contribution in [0.25, 0.3) is 10.9 Å². The van der Waals surface area contributed by atoms with Crippen molar-refractivity contribution in [1.82, 2.24) is 4.98 Å². The Morgan fingerprint density at radius 2 is 2.25 bits per heavy atom. The highest BCUT2D eigenvalue weighted by atomic mass is 32.1. The minimum absolute atomic E-state index is 0.0270. The molecule has 0 atom stereocenters. The molecule has 2 rings (SSSR count). The molecule has 84 valence electrons. The molecule has 0 radical (unpaired) electrons. The van der Waals surface area contributed by atoms with E-state index >= 15 is 0 Å². The Labute approximate surface area is 98.9 Å². The number of rotatable bonds is 3. The van der Waals surface area contributed by atoms with Crippen LogP contribution in [-0.4, -0.2) is 11.6 Å². The highest BCUT2D eigenvalue weighted by molar-refractivity contribution is 7.79. The van der Waals surface area contributed by atoms with Crippen molar-refractivity contribution in [1.29, 1.82) is 0 Å². The van der Waals surface area contributed by atoms with Crippen molar-refractivity contribution in [2.45, 2.75) is 12.7 Å². The smallest absolute Gasteiger partial charge is 0.195 e. The Kier molecular flexibility index (Phi) is 3.19. The molecule has 1 N–H and O–H groups in total. The summed E-state index contributed by atoms with van der Waals surface area (Å²) in [6, 6.07) is 7.09. The van der Waals surface area contributed by atoms with Gasteiger partial charge < -0.3 is 9.72 Å². The highest BCUT2D eigenvalue weighted by Gasteiger charge is 2.05. The molecule has 1 aromatic carbocycles. The SMILES string of the molecule is CCOc1cc(=O)c2cccc(CS)c2[nH]1. The fraction of sp³-hybridized carbons (Fsp3) is 0.250. The van der Waals surface area contributed by atoms with Crippen molar-refractivity contribution in [3.05, 3.63) is 40.1 Å². The van der Waals surface area contributed by atoms with Gasteiger partial charge in [0.2, 0.25) is 0 Å². The molecule has 0 saturated heterocycles. The van der Waals surface area contributed by atoms with Crippen LogP contribution in [0, 0.1) is 0 Å². The predicted molar refractivity (Wildman–Crippen MR) is 68.4 cm³/mol. The number of ether oxygens (including phenoxy) is 1. The third-order valence-corrected chi connectivity index (χ3v) is 2.74. The third kappa shape index (κ3) is 1.93. The molecular formula is C12H13NO2S. The predicted octanol–water partition coefficient (Wildman–Crippen LogP) is 2.36. The molecule has 3 nitrogen and oxygen atoms in total. The number of nitrogens with one attached hydrogen (secondary N) is 1. The summed E-state index contributed by atoms with van der Waals surface area (Å²) in [5, 5.41) is 0.676. The van der Waals surface area contributed by atoms with Gasteiger partial charge in [-0.15, -0.1) is 0 Å². The number of hydrogen-bond donors (Lipinski definition) is 2. The van der Waals surface area contributed by atoms with Gasteiger partial charge >= 0.3 is 0 Å². The fourth-order valence-corrected chi connectivity index (χ4v) is 1.94. The zero-order valence-electron chi connectivity index (χ0n) is 8.99. The minimum atomic E-state index is -0.0270. The largest absolute Gasteiger partial charge is 0.479 e. The van der Waals surface area contributed by atoms with E-state index in [0.29, 0.717) is 23.6 Å². The number of benzene rings is 1. The molecule has 4 heteroatoms. The van der Waals surface area contributed by atoms with Gasteiger partial charge in [0.15, 0.2) is 11.3 Å². The standard InChI is InChI=1S/C12H13NO2S/c1-2-15-11-6-10(14)9-5-3-4-8(7-16)12(9)13-11/h3-6,16H,2,7H2,1H3,(H,13,14). The van der Waals surface area contributed by atoms with Crippen LogP contribution in [0.3, 0.4) is 0 Å².